The number of hydrogen-bond acceptors (Lipinski definition) is 7. The van der Waals surface area contributed by atoms with Crippen LogP contribution >= 0.6 is 11.3 Å². The molecule has 0 N–H and O–H groups in total. The van der Waals surface area contributed by atoms with Crippen molar-refractivity contribution in [3.63, 3.8) is 0 Å². The molecule has 0 saturated carbocycles. The Kier molecular flexibility index (Phi) is 5.28. The van der Waals surface area contributed by atoms with Crippen molar-refractivity contribution in [2.24, 2.45) is 0 Å². The average molecular weight is 458 g/mol. The third kappa shape index (κ3) is 3.60. The Morgan fingerprint density at radius 3 is 2.81 bits per heavy atom. The molecule has 0 aliphatic carbocycles. The fourth-order valence-corrected chi connectivity index (χ4v) is 5.63. The second-order valence-electron chi connectivity index (χ2n) is 8.40. The molecular formula is C22H20F2N4O3S. The van der Waals surface area contributed by atoms with Crippen LogP contribution in [0.3, 0.4) is 0 Å². The molecule has 1 aromatic carbocycles. The summed E-state index contributed by atoms with van der Waals surface area (Å²) in [5.41, 5.74) is -0.229. The number of benzene rings is 1. The molecular weight excluding hydrogens is 438 g/mol. The quantitative estimate of drug-likeness (QED) is 0.703. The molecule has 10 heteroatoms. The largest absolute Gasteiger partial charge is 0.347 e. The van der Waals surface area contributed by atoms with Gasteiger partial charge in [0.2, 0.25) is 0 Å². The normalized spacial score (nSPS) is 27.7. The van der Waals surface area contributed by atoms with Crippen LogP contribution in [0, 0.1) is 23.0 Å². The monoisotopic (exact) mass is 458 g/mol. The third-order valence-electron chi connectivity index (χ3n) is 6.44. The zero-order chi connectivity index (χ0) is 22.5. The number of nitriles is 1. The number of hydrogen-bond donors (Lipinski definition) is 0. The fourth-order valence-electron chi connectivity index (χ4n) is 4.93. The summed E-state index contributed by atoms with van der Waals surface area (Å²) < 4.78 is 33.7. The lowest BCUT2D eigenvalue weighted by atomic mass is 9.89. The highest BCUT2D eigenvalue weighted by Crippen LogP contribution is 2.46. The molecule has 32 heavy (non-hydrogen) atoms. The number of ether oxygens (including phenoxy) is 1. The first-order chi connectivity index (χ1) is 15.4. The molecule has 7 nitrogen and oxygen atoms in total. The van der Waals surface area contributed by atoms with E-state index in [0.717, 1.165) is 6.07 Å². The molecule has 0 bridgehead atoms. The summed E-state index contributed by atoms with van der Waals surface area (Å²) in [5, 5.41) is 10.9. The number of fused-ring (bicyclic) bond motifs is 1. The van der Waals surface area contributed by atoms with Crippen LogP contribution in [0.15, 0.2) is 23.6 Å². The SMILES string of the molecule is N#CCc1nc(C(=O)N2CCC3(CN4[C@@H](CC[C@H]4c4cc(F)cc(F)c4)O3)C(=O)C2)cs1. The summed E-state index contributed by atoms with van der Waals surface area (Å²) in [7, 11) is 0. The van der Waals surface area contributed by atoms with Crippen molar-refractivity contribution in [3.8, 4) is 6.07 Å². The Morgan fingerprint density at radius 2 is 2.09 bits per heavy atom. The van der Waals surface area contributed by atoms with Crippen molar-refractivity contribution >= 4 is 23.0 Å². The van der Waals surface area contributed by atoms with Crippen LogP contribution in [-0.2, 0) is 16.0 Å². The highest BCUT2D eigenvalue weighted by molar-refractivity contribution is 7.09. The number of aromatic nitrogens is 1. The topological polar surface area (TPSA) is 86.5 Å². The number of carbonyl (C=O) groups is 2. The number of amides is 1. The molecule has 3 atom stereocenters. The van der Waals surface area contributed by atoms with Gasteiger partial charge in [-0.05, 0) is 30.5 Å². The predicted octanol–water partition coefficient (Wildman–Crippen LogP) is 2.83. The zero-order valence-corrected chi connectivity index (χ0v) is 17.9. The van der Waals surface area contributed by atoms with Gasteiger partial charge >= 0.3 is 0 Å². The van der Waals surface area contributed by atoms with Gasteiger partial charge in [-0.25, -0.2) is 13.8 Å². The Bertz CT molecular complexity index is 1110. The molecule has 1 amide bonds. The maximum absolute atomic E-state index is 13.7. The van der Waals surface area contributed by atoms with Crippen LogP contribution < -0.4 is 0 Å². The van der Waals surface area contributed by atoms with E-state index in [1.54, 1.807) is 5.38 Å². The lowest BCUT2D eigenvalue weighted by molar-refractivity contribution is -0.148. The van der Waals surface area contributed by atoms with Crippen LogP contribution in [0.2, 0.25) is 0 Å². The number of likely N-dealkylation sites (tertiary alicyclic amines) is 1. The summed E-state index contributed by atoms with van der Waals surface area (Å²) in [4.78, 5) is 33.6. The van der Waals surface area contributed by atoms with E-state index in [4.69, 9.17) is 10.00 Å². The Labute approximate surface area is 187 Å². The Morgan fingerprint density at radius 1 is 1.31 bits per heavy atom. The first-order valence-corrected chi connectivity index (χ1v) is 11.3. The first-order valence-electron chi connectivity index (χ1n) is 10.4. The van der Waals surface area contributed by atoms with Crippen molar-refractivity contribution in [1.29, 1.82) is 5.26 Å². The minimum atomic E-state index is -1.01. The van der Waals surface area contributed by atoms with Gasteiger partial charge in [0.15, 0.2) is 5.78 Å². The highest BCUT2D eigenvalue weighted by Gasteiger charge is 2.56. The van der Waals surface area contributed by atoms with E-state index in [9.17, 15) is 18.4 Å². The standard InChI is InChI=1S/C22H20F2N4O3S/c23-14-7-13(8-15(24)9-14)17-1-2-20-28(17)12-22(31-20)4-6-27(10-18(22)29)21(30)16-11-32-19(26-16)3-5-25/h7-9,11,17,20H,1-4,6,10,12H2/t17-,20+,22?/m0/s1. The van der Waals surface area contributed by atoms with E-state index < -0.39 is 17.2 Å². The second kappa shape index (κ2) is 7.99. The molecule has 2 aromatic rings. The van der Waals surface area contributed by atoms with E-state index in [0.29, 0.717) is 42.9 Å². The van der Waals surface area contributed by atoms with Crippen LogP contribution in [0.25, 0.3) is 0 Å². The molecule has 3 fully saturated rings. The minimum Gasteiger partial charge on any atom is -0.347 e. The summed E-state index contributed by atoms with van der Waals surface area (Å²) >= 11 is 1.25. The van der Waals surface area contributed by atoms with E-state index in [1.165, 1.54) is 28.4 Å². The lowest BCUT2D eigenvalue weighted by Crippen LogP contribution is -2.56. The number of thiazole rings is 1. The zero-order valence-electron chi connectivity index (χ0n) is 17.1. The molecule has 0 radical (unpaired) electrons. The van der Waals surface area contributed by atoms with E-state index >= 15 is 0 Å². The van der Waals surface area contributed by atoms with Gasteiger partial charge in [0.05, 0.1) is 19.0 Å². The number of nitrogens with zero attached hydrogens (tertiary/aromatic N) is 4. The fraction of sp³-hybridized carbons (Fsp3) is 0.455. The number of ketones is 1. The summed E-state index contributed by atoms with van der Waals surface area (Å²) in [5.74, 6) is -1.76. The van der Waals surface area contributed by atoms with Crippen LogP contribution in [0.4, 0.5) is 8.78 Å². The molecule has 1 unspecified atom stereocenters. The van der Waals surface area contributed by atoms with Gasteiger partial charge in [-0.1, -0.05) is 0 Å². The maximum Gasteiger partial charge on any atom is 0.273 e. The van der Waals surface area contributed by atoms with E-state index in [2.05, 4.69) is 4.98 Å². The van der Waals surface area contributed by atoms with Gasteiger partial charge in [0.25, 0.3) is 5.91 Å². The number of halogens is 2. The summed E-state index contributed by atoms with van der Waals surface area (Å²) in [6.07, 6.45) is 1.56. The summed E-state index contributed by atoms with van der Waals surface area (Å²) in [6.45, 7) is 0.601. The van der Waals surface area contributed by atoms with Crippen LogP contribution in [0.1, 0.15) is 46.4 Å². The van der Waals surface area contributed by atoms with Crippen molar-refractivity contribution in [2.75, 3.05) is 19.6 Å². The van der Waals surface area contributed by atoms with Gasteiger partial charge < -0.3 is 9.64 Å². The molecule has 1 aromatic heterocycles. The number of rotatable bonds is 3. The third-order valence-corrected chi connectivity index (χ3v) is 7.29. The molecule has 3 aliphatic heterocycles. The smallest absolute Gasteiger partial charge is 0.273 e. The molecule has 5 rings (SSSR count). The van der Waals surface area contributed by atoms with Gasteiger partial charge in [-0.3, -0.25) is 14.5 Å². The van der Waals surface area contributed by atoms with Crippen molar-refractivity contribution in [3.05, 3.63) is 51.5 Å². The van der Waals surface area contributed by atoms with Gasteiger partial charge in [-0.15, -0.1) is 11.3 Å². The van der Waals surface area contributed by atoms with Crippen LogP contribution in [0.5, 0.6) is 0 Å². The number of piperidine rings is 1. The van der Waals surface area contributed by atoms with Gasteiger partial charge in [-0.2, -0.15) is 5.26 Å². The van der Waals surface area contributed by atoms with Crippen LogP contribution in [-0.4, -0.2) is 57.9 Å². The van der Waals surface area contributed by atoms with Gasteiger partial charge in [0, 0.05) is 37.0 Å². The van der Waals surface area contributed by atoms with Crippen molar-refractivity contribution in [1.82, 2.24) is 14.8 Å². The molecule has 3 saturated heterocycles. The van der Waals surface area contributed by atoms with E-state index in [1.807, 2.05) is 11.0 Å². The average Bonchev–Trinajstić information content (AvgIpc) is 3.44. The molecule has 3 aliphatic rings. The Balaban J connectivity index is 1.29. The van der Waals surface area contributed by atoms with E-state index in [-0.39, 0.29) is 42.6 Å². The first kappa shape index (κ1) is 21.1. The number of carbonyl (C=O) groups excluding carboxylic acids is 2. The predicted molar refractivity (Wildman–Crippen MR) is 110 cm³/mol. The minimum absolute atomic E-state index is 0.0796. The maximum atomic E-state index is 13.7. The summed E-state index contributed by atoms with van der Waals surface area (Å²) in [6, 6.07) is 5.30. The van der Waals surface area contributed by atoms with Crippen molar-refractivity contribution in [2.45, 2.75) is 43.6 Å². The highest BCUT2D eigenvalue weighted by atomic mass is 32.1. The Hall–Kier alpha value is -2.74. The molecule has 1 spiro atoms. The number of Topliss-reactive ketones (excluding diaryl/α,β-unsaturated/α-hetero) is 1. The second-order valence-corrected chi connectivity index (χ2v) is 9.34. The van der Waals surface area contributed by atoms with Crippen molar-refractivity contribution < 1.29 is 23.1 Å². The molecule has 4 heterocycles. The molecule has 166 valence electrons. The lowest BCUT2D eigenvalue weighted by Gasteiger charge is -2.37. The van der Waals surface area contributed by atoms with Gasteiger partial charge in [0.1, 0.15) is 34.2 Å².